The Kier molecular flexibility index (Phi) is 9.70. The van der Waals surface area contributed by atoms with Crippen LogP contribution >= 0.6 is 0 Å². The summed E-state index contributed by atoms with van der Waals surface area (Å²) in [6, 6.07) is 8.94. The zero-order valence-electron chi connectivity index (χ0n) is 20.8. The van der Waals surface area contributed by atoms with Crippen molar-refractivity contribution in [3.63, 3.8) is 0 Å². The van der Waals surface area contributed by atoms with Crippen LogP contribution in [0.15, 0.2) is 30.3 Å². The van der Waals surface area contributed by atoms with E-state index in [-0.39, 0.29) is 30.9 Å². The van der Waals surface area contributed by atoms with E-state index in [1.165, 1.54) is 0 Å². The molecular formula is C23H35N9O4. The highest BCUT2D eigenvalue weighted by Crippen LogP contribution is 2.14. The third-order valence-corrected chi connectivity index (χ3v) is 5.58. The second kappa shape index (κ2) is 12.9. The van der Waals surface area contributed by atoms with Crippen molar-refractivity contribution in [3.8, 4) is 0 Å². The first-order valence-electron chi connectivity index (χ1n) is 12.0. The number of urea groups is 1. The van der Waals surface area contributed by atoms with Crippen LogP contribution in [0.2, 0.25) is 0 Å². The molecule has 0 radical (unpaired) electrons. The van der Waals surface area contributed by atoms with Gasteiger partial charge >= 0.3 is 6.03 Å². The largest absolute Gasteiger partial charge is 0.374 e. The molecule has 1 saturated heterocycles. The molecule has 1 fully saturated rings. The number of rotatable bonds is 14. The predicted octanol–water partition coefficient (Wildman–Crippen LogP) is -0.294. The molecule has 0 spiro atoms. The van der Waals surface area contributed by atoms with Crippen molar-refractivity contribution < 1.29 is 19.1 Å². The Bertz CT molecular complexity index is 1010. The number of aromatic nitrogens is 4. The first-order chi connectivity index (χ1) is 17.2. The summed E-state index contributed by atoms with van der Waals surface area (Å²) in [5, 5.41) is 20.3. The summed E-state index contributed by atoms with van der Waals surface area (Å²) < 4.78 is 7.41. The molecule has 1 aromatic carbocycles. The number of carbonyl (C=O) groups is 3. The number of nitrogens with one attached hydrogen (secondary N) is 3. The van der Waals surface area contributed by atoms with E-state index in [0.717, 1.165) is 5.56 Å². The minimum absolute atomic E-state index is 0.108. The minimum Gasteiger partial charge on any atom is -0.374 e. The van der Waals surface area contributed by atoms with Crippen molar-refractivity contribution in [2.75, 3.05) is 32.8 Å². The quantitative estimate of drug-likeness (QED) is 0.274. The molecule has 1 atom stereocenters. The van der Waals surface area contributed by atoms with Gasteiger partial charge in [0, 0.05) is 39.1 Å². The van der Waals surface area contributed by atoms with Gasteiger partial charge in [0.25, 0.3) is 0 Å². The van der Waals surface area contributed by atoms with Gasteiger partial charge in [-0.25, -0.2) is 9.48 Å². The van der Waals surface area contributed by atoms with Crippen LogP contribution in [0.25, 0.3) is 0 Å². The normalized spacial score (nSPS) is 14.4. The van der Waals surface area contributed by atoms with Crippen LogP contribution in [0.5, 0.6) is 0 Å². The number of carbonyl (C=O) groups excluding carboxylic acids is 3. The highest BCUT2D eigenvalue weighted by atomic mass is 16.5. The molecule has 13 heteroatoms. The van der Waals surface area contributed by atoms with Crippen LogP contribution in [0.3, 0.4) is 0 Å². The maximum absolute atomic E-state index is 12.6. The SMILES string of the molecule is CC(C)(N)C(=O)N[C@H](COCc1ccccc1)c1nnnn1CCCC(=O)NCCN1CCNC1=O. The summed E-state index contributed by atoms with van der Waals surface area (Å²) in [5.74, 6) is -0.0669. The fourth-order valence-electron chi connectivity index (χ4n) is 3.55. The van der Waals surface area contributed by atoms with Crippen molar-refractivity contribution in [2.24, 2.45) is 5.73 Å². The van der Waals surface area contributed by atoms with Crippen molar-refractivity contribution in [3.05, 3.63) is 41.7 Å². The van der Waals surface area contributed by atoms with Crippen LogP contribution in [0.4, 0.5) is 4.79 Å². The summed E-state index contributed by atoms with van der Waals surface area (Å²) in [6.07, 6.45) is 0.755. The smallest absolute Gasteiger partial charge is 0.317 e. The van der Waals surface area contributed by atoms with E-state index in [1.807, 2.05) is 30.3 Å². The third kappa shape index (κ3) is 8.27. The number of amides is 4. The fraction of sp³-hybridized carbons (Fsp3) is 0.565. The molecule has 196 valence electrons. The molecule has 2 heterocycles. The Hall–Kier alpha value is -3.58. The molecule has 0 bridgehead atoms. The molecule has 3 rings (SSSR count). The Labute approximate surface area is 210 Å². The van der Waals surface area contributed by atoms with Crippen LogP contribution in [-0.4, -0.2) is 81.3 Å². The topological polar surface area (TPSA) is 169 Å². The number of ether oxygens (including phenoxy) is 1. The van der Waals surface area contributed by atoms with E-state index in [0.29, 0.717) is 51.6 Å². The van der Waals surface area contributed by atoms with Gasteiger partial charge in [-0.05, 0) is 36.3 Å². The molecule has 0 saturated carbocycles. The van der Waals surface area contributed by atoms with Gasteiger partial charge < -0.3 is 31.3 Å². The predicted molar refractivity (Wildman–Crippen MR) is 130 cm³/mol. The van der Waals surface area contributed by atoms with Crippen molar-refractivity contribution in [2.45, 2.75) is 51.4 Å². The minimum atomic E-state index is -1.09. The Morgan fingerprint density at radius 2 is 2.03 bits per heavy atom. The summed E-state index contributed by atoms with van der Waals surface area (Å²) in [6.45, 7) is 6.24. The second-order valence-corrected chi connectivity index (χ2v) is 9.18. The van der Waals surface area contributed by atoms with E-state index in [4.69, 9.17) is 10.5 Å². The summed E-state index contributed by atoms with van der Waals surface area (Å²) >= 11 is 0. The molecule has 5 N–H and O–H groups in total. The second-order valence-electron chi connectivity index (χ2n) is 9.18. The first-order valence-corrected chi connectivity index (χ1v) is 12.0. The highest BCUT2D eigenvalue weighted by Gasteiger charge is 2.28. The monoisotopic (exact) mass is 501 g/mol. The first kappa shape index (κ1) is 27.0. The number of benzene rings is 1. The van der Waals surface area contributed by atoms with Gasteiger partial charge in [-0.1, -0.05) is 30.3 Å². The van der Waals surface area contributed by atoms with Gasteiger partial charge in [0.1, 0.15) is 6.04 Å². The van der Waals surface area contributed by atoms with E-state index in [9.17, 15) is 14.4 Å². The van der Waals surface area contributed by atoms with Gasteiger partial charge in [0.15, 0.2) is 5.82 Å². The fourth-order valence-corrected chi connectivity index (χ4v) is 3.55. The number of nitrogens with two attached hydrogens (primary N) is 1. The molecular weight excluding hydrogens is 466 g/mol. The molecule has 1 aliphatic heterocycles. The molecule has 1 aromatic heterocycles. The van der Waals surface area contributed by atoms with Crippen LogP contribution in [0, 0.1) is 0 Å². The lowest BCUT2D eigenvalue weighted by Crippen LogP contribution is -2.51. The molecule has 0 aliphatic carbocycles. The highest BCUT2D eigenvalue weighted by molar-refractivity contribution is 5.85. The number of nitrogens with zero attached hydrogens (tertiary/aromatic N) is 5. The third-order valence-electron chi connectivity index (χ3n) is 5.58. The lowest BCUT2D eigenvalue weighted by atomic mass is 10.1. The Balaban J connectivity index is 1.51. The summed E-state index contributed by atoms with van der Waals surface area (Å²) in [7, 11) is 0. The molecule has 1 aliphatic rings. The lowest BCUT2D eigenvalue weighted by molar-refractivity contribution is -0.126. The maximum Gasteiger partial charge on any atom is 0.317 e. The Morgan fingerprint density at radius 1 is 1.25 bits per heavy atom. The van der Waals surface area contributed by atoms with Crippen LogP contribution < -0.4 is 21.7 Å². The molecule has 4 amide bonds. The average Bonchev–Trinajstić information content (AvgIpc) is 3.47. The van der Waals surface area contributed by atoms with Crippen molar-refractivity contribution in [1.29, 1.82) is 0 Å². The van der Waals surface area contributed by atoms with Crippen LogP contribution in [-0.2, 0) is 27.5 Å². The van der Waals surface area contributed by atoms with E-state index >= 15 is 0 Å². The number of hydrogen-bond donors (Lipinski definition) is 4. The van der Waals surface area contributed by atoms with Gasteiger partial charge in [-0.3, -0.25) is 9.59 Å². The lowest BCUT2D eigenvalue weighted by Gasteiger charge is -2.23. The maximum atomic E-state index is 12.6. The van der Waals surface area contributed by atoms with Gasteiger partial charge in [-0.2, -0.15) is 0 Å². The van der Waals surface area contributed by atoms with Crippen LogP contribution in [0.1, 0.15) is 44.1 Å². The van der Waals surface area contributed by atoms with Gasteiger partial charge in [-0.15, -0.1) is 5.10 Å². The molecule has 2 aromatic rings. The van der Waals surface area contributed by atoms with E-state index in [1.54, 1.807) is 23.4 Å². The molecule has 13 nitrogen and oxygen atoms in total. The zero-order valence-corrected chi connectivity index (χ0v) is 20.8. The number of hydrogen-bond acceptors (Lipinski definition) is 8. The summed E-state index contributed by atoms with van der Waals surface area (Å²) in [4.78, 5) is 38.0. The van der Waals surface area contributed by atoms with Gasteiger partial charge in [0.05, 0.1) is 18.8 Å². The van der Waals surface area contributed by atoms with E-state index < -0.39 is 11.6 Å². The number of aryl methyl sites for hydroxylation is 1. The van der Waals surface area contributed by atoms with Crippen molar-refractivity contribution >= 4 is 17.8 Å². The summed E-state index contributed by atoms with van der Waals surface area (Å²) in [5.41, 5.74) is 5.86. The van der Waals surface area contributed by atoms with E-state index in [2.05, 4.69) is 31.5 Å². The van der Waals surface area contributed by atoms with Gasteiger partial charge in [0.2, 0.25) is 11.8 Å². The number of tetrazole rings is 1. The zero-order chi connectivity index (χ0) is 26.0. The average molecular weight is 502 g/mol. The molecule has 36 heavy (non-hydrogen) atoms. The Morgan fingerprint density at radius 3 is 2.72 bits per heavy atom. The van der Waals surface area contributed by atoms with Crippen molar-refractivity contribution in [1.82, 2.24) is 41.1 Å². The molecule has 0 unspecified atom stereocenters. The standard InChI is InChI=1S/C23H35N9O4/c1-23(2,24)21(34)27-18(16-36-15-17-7-4-3-5-8-17)20-28-29-30-32(20)12-6-9-19(33)25-10-13-31-14-11-26-22(31)35/h3-5,7-8,18H,6,9-16,24H2,1-2H3,(H,25,33)(H,26,35)(H,27,34)/t18-/m1/s1.